The zero-order valence-electron chi connectivity index (χ0n) is 5.13. The minimum atomic E-state index is -0.866. The minimum absolute atomic E-state index is 0.539. The second-order valence-corrected chi connectivity index (χ2v) is 1.75. The van der Waals surface area contributed by atoms with Gasteiger partial charge in [-0.05, 0) is 6.92 Å². The molecule has 0 radical (unpaired) electrons. The van der Waals surface area contributed by atoms with Crippen LogP contribution >= 0.6 is 0 Å². The van der Waals surface area contributed by atoms with Gasteiger partial charge in [0.05, 0.1) is 5.92 Å². The highest BCUT2D eigenvalue weighted by atomic mass is 16.3. The molecule has 0 aromatic heterocycles. The molecule has 0 bridgehead atoms. The van der Waals surface area contributed by atoms with Crippen LogP contribution in [0.5, 0.6) is 0 Å². The van der Waals surface area contributed by atoms with Crippen LogP contribution in [-0.4, -0.2) is 23.4 Å². The van der Waals surface area contributed by atoms with E-state index in [0.29, 0.717) is 0 Å². The molecule has 0 aromatic rings. The summed E-state index contributed by atoms with van der Waals surface area (Å²) in [6, 6.07) is 0. The van der Waals surface area contributed by atoms with E-state index < -0.39 is 24.2 Å². The molecule has 1 unspecified atom stereocenters. The first-order valence-corrected chi connectivity index (χ1v) is 2.52. The Labute approximate surface area is 52.7 Å². The lowest BCUT2D eigenvalue weighted by molar-refractivity contribution is -0.133. The van der Waals surface area contributed by atoms with Crippen LogP contribution < -0.4 is 5.73 Å². The van der Waals surface area contributed by atoms with Crippen molar-refractivity contribution in [1.82, 2.24) is 0 Å². The highest BCUT2D eigenvalue weighted by molar-refractivity contribution is 6.00. The summed E-state index contributed by atoms with van der Waals surface area (Å²) in [5, 5.41) is 8.20. The van der Waals surface area contributed by atoms with Gasteiger partial charge in [0.2, 0.25) is 5.91 Å². The minimum Gasteiger partial charge on any atom is -0.389 e. The molecular weight excluding hydrogens is 122 g/mol. The van der Waals surface area contributed by atoms with Gasteiger partial charge in [0.1, 0.15) is 6.61 Å². The number of aliphatic hydroxyl groups excluding tert-OH is 1. The first-order chi connectivity index (χ1) is 4.09. The number of nitrogens with two attached hydrogens (primary N) is 1. The standard InChI is InChI=1S/C5H9NO3/c1-3(5(6)9)4(8)2-7/h3,7H,2H2,1H3,(H2,6,9). The van der Waals surface area contributed by atoms with Gasteiger partial charge in [-0.3, -0.25) is 9.59 Å². The summed E-state index contributed by atoms with van der Waals surface area (Å²) in [5.74, 6) is -2.11. The smallest absolute Gasteiger partial charge is 0.227 e. The predicted molar refractivity (Wildman–Crippen MR) is 30.5 cm³/mol. The van der Waals surface area contributed by atoms with Gasteiger partial charge >= 0.3 is 0 Å². The Hall–Kier alpha value is -0.900. The summed E-state index contributed by atoms with van der Waals surface area (Å²) in [7, 11) is 0. The van der Waals surface area contributed by atoms with Gasteiger partial charge in [-0.25, -0.2) is 0 Å². The second kappa shape index (κ2) is 3.19. The molecule has 0 heterocycles. The Kier molecular flexibility index (Phi) is 2.87. The van der Waals surface area contributed by atoms with Gasteiger partial charge in [0.15, 0.2) is 5.78 Å². The molecule has 4 heteroatoms. The second-order valence-electron chi connectivity index (χ2n) is 1.75. The largest absolute Gasteiger partial charge is 0.389 e. The Balaban J connectivity index is 3.88. The molecule has 9 heavy (non-hydrogen) atoms. The number of primary amides is 1. The number of hydrogen-bond donors (Lipinski definition) is 2. The molecule has 0 saturated heterocycles. The average Bonchev–Trinajstić information content (AvgIpc) is 1.84. The Bertz CT molecular complexity index is 132. The van der Waals surface area contributed by atoms with Crippen molar-refractivity contribution in [3.63, 3.8) is 0 Å². The lowest BCUT2D eigenvalue weighted by Gasteiger charge is -2.00. The third-order valence-electron chi connectivity index (χ3n) is 1.07. The first kappa shape index (κ1) is 8.10. The molecule has 0 aliphatic heterocycles. The van der Waals surface area contributed by atoms with Crippen molar-refractivity contribution in [3.05, 3.63) is 0 Å². The molecule has 0 aromatic carbocycles. The monoisotopic (exact) mass is 131 g/mol. The number of hydrogen-bond acceptors (Lipinski definition) is 3. The van der Waals surface area contributed by atoms with E-state index >= 15 is 0 Å². The maximum absolute atomic E-state index is 10.4. The maximum Gasteiger partial charge on any atom is 0.227 e. The molecule has 0 fully saturated rings. The van der Waals surface area contributed by atoms with Crippen LogP contribution in [0.25, 0.3) is 0 Å². The molecule has 0 rings (SSSR count). The quantitative estimate of drug-likeness (QED) is 0.465. The predicted octanol–water partition coefficient (Wildman–Crippen LogP) is -1.33. The first-order valence-electron chi connectivity index (χ1n) is 2.52. The molecule has 3 N–H and O–H groups in total. The van der Waals surface area contributed by atoms with E-state index in [1.807, 2.05) is 0 Å². The molecule has 4 nitrogen and oxygen atoms in total. The highest BCUT2D eigenvalue weighted by Gasteiger charge is 2.16. The Morgan fingerprint density at radius 3 is 2.22 bits per heavy atom. The number of amides is 1. The number of carbonyl (C=O) groups excluding carboxylic acids is 2. The third kappa shape index (κ3) is 2.23. The fourth-order valence-electron chi connectivity index (χ4n) is 0.296. The average molecular weight is 131 g/mol. The Morgan fingerprint density at radius 2 is 2.11 bits per heavy atom. The zero-order chi connectivity index (χ0) is 7.44. The van der Waals surface area contributed by atoms with Crippen LogP contribution in [-0.2, 0) is 9.59 Å². The van der Waals surface area contributed by atoms with Gasteiger partial charge in [-0.2, -0.15) is 0 Å². The summed E-state index contributed by atoms with van der Waals surface area (Å²) in [5.41, 5.74) is 4.74. The number of ketones is 1. The summed E-state index contributed by atoms with van der Waals surface area (Å²) >= 11 is 0. The number of rotatable bonds is 3. The van der Waals surface area contributed by atoms with E-state index in [9.17, 15) is 9.59 Å². The van der Waals surface area contributed by atoms with E-state index in [1.54, 1.807) is 0 Å². The molecule has 0 spiro atoms. The van der Waals surface area contributed by atoms with Crippen LogP contribution in [0.3, 0.4) is 0 Å². The van der Waals surface area contributed by atoms with Crippen LogP contribution in [0.2, 0.25) is 0 Å². The number of Topliss-reactive ketones (excluding diaryl/α,β-unsaturated/α-hetero) is 1. The van der Waals surface area contributed by atoms with Crippen LogP contribution in [0.15, 0.2) is 0 Å². The van der Waals surface area contributed by atoms with Crippen molar-refractivity contribution in [2.45, 2.75) is 6.92 Å². The van der Waals surface area contributed by atoms with Crippen molar-refractivity contribution in [1.29, 1.82) is 0 Å². The van der Waals surface area contributed by atoms with Crippen molar-refractivity contribution < 1.29 is 14.7 Å². The van der Waals surface area contributed by atoms with Crippen molar-refractivity contribution in [2.24, 2.45) is 11.7 Å². The molecular formula is C5H9NO3. The van der Waals surface area contributed by atoms with E-state index in [-0.39, 0.29) is 0 Å². The normalized spacial score (nSPS) is 12.7. The zero-order valence-corrected chi connectivity index (χ0v) is 5.13. The lowest BCUT2D eigenvalue weighted by Crippen LogP contribution is -2.29. The van der Waals surface area contributed by atoms with Crippen molar-refractivity contribution >= 4 is 11.7 Å². The van der Waals surface area contributed by atoms with E-state index in [4.69, 9.17) is 10.8 Å². The molecule has 1 atom stereocenters. The number of aliphatic hydroxyl groups is 1. The summed E-state index contributed by atoms with van der Waals surface area (Å²) in [6.07, 6.45) is 0. The summed E-state index contributed by atoms with van der Waals surface area (Å²) in [4.78, 5) is 20.6. The molecule has 52 valence electrons. The fraction of sp³-hybridized carbons (Fsp3) is 0.600. The number of carbonyl (C=O) groups is 2. The van der Waals surface area contributed by atoms with E-state index in [2.05, 4.69) is 0 Å². The molecule has 0 aliphatic carbocycles. The van der Waals surface area contributed by atoms with Gasteiger partial charge in [-0.1, -0.05) is 0 Å². The lowest BCUT2D eigenvalue weighted by atomic mass is 10.1. The SMILES string of the molecule is CC(C(N)=O)C(=O)CO. The third-order valence-corrected chi connectivity index (χ3v) is 1.07. The van der Waals surface area contributed by atoms with E-state index in [0.717, 1.165) is 0 Å². The molecule has 0 saturated carbocycles. The van der Waals surface area contributed by atoms with Gasteiger partial charge < -0.3 is 10.8 Å². The molecule has 0 aliphatic rings. The van der Waals surface area contributed by atoms with E-state index in [1.165, 1.54) is 6.92 Å². The van der Waals surface area contributed by atoms with Crippen LogP contribution in [0.1, 0.15) is 6.92 Å². The summed E-state index contributed by atoms with van der Waals surface area (Å²) in [6.45, 7) is 0.741. The van der Waals surface area contributed by atoms with Crippen molar-refractivity contribution in [3.8, 4) is 0 Å². The highest BCUT2D eigenvalue weighted by Crippen LogP contribution is 1.92. The fourth-order valence-corrected chi connectivity index (χ4v) is 0.296. The van der Waals surface area contributed by atoms with Crippen molar-refractivity contribution in [2.75, 3.05) is 6.61 Å². The van der Waals surface area contributed by atoms with Gasteiger partial charge in [0.25, 0.3) is 0 Å². The topological polar surface area (TPSA) is 80.4 Å². The van der Waals surface area contributed by atoms with Crippen LogP contribution in [0, 0.1) is 5.92 Å². The van der Waals surface area contributed by atoms with Gasteiger partial charge in [-0.15, -0.1) is 0 Å². The van der Waals surface area contributed by atoms with Crippen LogP contribution in [0.4, 0.5) is 0 Å². The Morgan fingerprint density at radius 1 is 1.67 bits per heavy atom. The maximum atomic E-state index is 10.4. The summed E-state index contributed by atoms with van der Waals surface area (Å²) < 4.78 is 0. The molecule has 1 amide bonds. The van der Waals surface area contributed by atoms with Gasteiger partial charge in [0, 0.05) is 0 Å².